The van der Waals surface area contributed by atoms with Crippen molar-refractivity contribution in [3.8, 4) is 5.75 Å². The molecule has 0 aliphatic heterocycles. The van der Waals surface area contributed by atoms with Crippen LogP contribution < -0.4 is 5.73 Å². The van der Waals surface area contributed by atoms with Gasteiger partial charge in [0.1, 0.15) is 5.75 Å². The molecule has 0 saturated carbocycles. The van der Waals surface area contributed by atoms with Gasteiger partial charge in [0.15, 0.2) is 0 Å². The molecule has 0 aliphatic rings. The quantitative estimate of drug-likeness (QED) is 0.763. The Bertz CT molecular complexity index is 362. The van der Waals surface area contributed by atoms with Crippen molar-refractivity contribution in [3.05, 3.63) is 29.8 Å². The lowest BCUT2D eigenvalue weighted by molar-refractivity contribution is 0.219. The van der Waals surface area contributed by atoms with Crippen LogP contribution in [-0.4, -0.2) is 27.6 Å². The van der Waals surface area contributed by atoms with Gasteiger partial charge in [-0.3, -0.25) is 4.90 Å². The summed E-state index contributed by atoms with van der Waals surface area (Å²) in [4.78, 5) is 2.87. The van der Waals surface area contributed by atoms with Crippen molar-refractivity contribution >= 4 is 17.2 Å². The second-order valence-corrected chi connectivity index (χ2v) is 4.97. The van der Waals surface area contributed by atoms with E-state index >= 15 is 0 Å². The second-order valence-electron chi connectivity index (χ2n) is 4.45. The zero-order chi connectivity index (χ0) is 12.8. The van der Waals surface area contributed by atoms with Gasteiger partial charge in [-0.05, 0) is 31.5 Å². The topological polar surface area (TPSA) is 49.5 Å². The van der Waals surface area contributed by atoms with Crippen LogP contribution in [-0.2, 0) is 6.54 Å². The Morgan fingerprint density at radius 1 is 1.35 bits per heavy atom. The second kappa shape index (κ2) is 6.57. The maximum absolute atomic E-state index is 9.23. The predicted molar refractivity (Wildman–Crippen MR) is 75.1 cm³/mol. The first kappa shape index (κ1) is 13.9. The van der Waals surface area contributed by atoms with Crippen LogP contribution in [0.3, 0.4) is 0 Å². The van der Waals surface area contributed by atoms with Gasteiger partial charge in [-0.15, -0.1) is 0 Å². The van der Waals surface area contributed by atoms with E-state index in [-0.39, 0.29) is 0 Å². The molecule has 1 aromatic rings. The molecular formula is C13H20N2OS. The molecule has 0 amide bonds. The number of phenolic OH excluding ortho intramolecular Hbond substituents is 1. The Labute approximate surface area is 108 Å². The van der Waals surface area contributed by atoms with Gasteiger partial charge in [0, 0.05) is 25.6 Å². The highest BCUT2D eigenvalue weighted by molar-refractivity contribution is 7.80. The molecule has 3 N–H and O–H groups in total. The lowest BCUT2D eigenvalue weighted by Gasteiger charge is -2.26. The molecule has 0 aromatic heterocycles. The van der Waals surface area contributed by atoms with E-state index in [1.807, 2.05) is 12.1 Å². The normalized spacial score (nSPS) is 11.1. The average molecular weight is 252 g/mol. The van der Waals surface area contributed by atoms with Gasteiger partial charge in [-0.2, -0.15) is 0 Å². The predicted octanol–water partition coefficient (Wildman–Crippen LogP) is 2.28. The van der Waals surface area contributed by atoms with Crippen molar-refractivity contribution in [1.29, 1.82) is 0 Å². The lowest BCUT2D eigenvalue weighted by Crippen LogP contribution is -2.33. The van der Waals surface area contributed by atoms with Crippen LogP contribution in [0.15, 0.2) is 24.3 Å². The largest absolute Gasteiger partial charge is 0.508 e. The lowest BCUT2D eigenvalue weighted by atomic mass is 10.1. The van der Waals surface area contributed by atoms with E-state index in [0.717, 1.165) is 19.5 Å². The van der Waals surface area contributed by atoms with E-state index < -0.39 is 0 Å². The van der Waals surface area contributed by atoms with E-state index in [0.29, 0.717) is 16.8 Å². The summed E-state index contributed by atoms with van der Waals surface area (Å²) in [5.74, 6) is 0.299. The van der Waals surface area contributed by atoms with Crippen LogP contribution in [0.5, 0.6) is 5.75 Å². The van der Waals surface area contributed by atoms with E-state index in [9.17, 15) is 5.11 Å². The molecule has 4 heteroatoms. The molecule has 1 rings (SSSR count). The molecule has 0 atom stereocenters. The number of nitrogens with zero attached hydrogens (tertiary/aromatic N) is 1. The zero-order valence-electron chi connectivity index (χ0n) is 10.4. The Hall–Kier alpha value is -1.13. The molecule has 0 heterocycles. The van der Waals surface area contributed by atoms with Crippen LogP contribution >= 0.6 is 12.2 Å². The minimum atomic E-state index is 0.299. The van der Waals surface area contributed by atoms with E-state index in [4.69, 9.17) is 18.0 Å². The first-order chi connectivity index (χ1) is 7.99. The third-order valence-electron chi connectivity index (χ3n) is 2.70. The Morgan fingerprint density at radius 2 is 1.94 bits per heavy atom. The number of hydrogen-bond donors (Lipinski definition) is 2. The number of thiocarbonyl (C=S) groups is 1. The molecule has 17 heavy (non-hydrogen) atoms. The summed E-state index contributed by atoms with van der Waals surface area (Å²) in [6.45, 7) is 6.02. The fourth-order valence-corrected chi connectivity index (χ4v) is 1.70. The third-order valence-corrected chi connectivity index (χ3v) is 2.90. The number of phenols is 1. The van der Waals surface area contributed by atoms with Crippen molar-refractivity contribution in [2.75, 3.05) is 6.54 Å². The standard InChI is InChI=1S/C13H20N2OS/c1-10(2)15(8-7-13(14)17)9-11-3-5-12(16)6-4-11/h3-6,10,16H,7-9H2,1-2H3,(H2,14,17). The average Bonchev–Trinajstić information content (AvgIpc) is 2.26. The minimum absolute atomic E-state index is 0.299. The number of benzene rings is 1. The number of rotatable bonds is 6. The number of aromatic hydroxyl groups is 1. The van der Waals surface area contributed by atoms with Gasteiger partial charge < -0.3 is 10.8 Å². The van der Waals surface area contributed by atoms with Crippen LogP contribution in [0.25, 0.3) is 0 Å². The fraction of sp³-hybridized carbons (Fsp3) is 0.462. The van der Waals surface area contributed by atoms with Crippen molar-refractivity contribution in [2.45, 2.75) is 32.9 Å². The van der Waals surface area contributed by atoms with Crippen LogP contribution in [0.4, 0.5) is 0 Å². The Balaban J connectivity index is 2.60. The molecule has 0 bridgehead atoms. The molecule has 1 aromatic carbocycles. The van der Waals surface area contributed by atoms with Crippen LogP contribution in [0.2, 0.25) is 0 Å². The Kier molecular flexibility index (Phi) is 5.38. The minimum Gasteiger partial charge on any atom is -0.508 e. The number of hydrogen-bond acceptors (Lipinski definition) is 3. The highest BCUT2D eigenvalue weighted by atomic mass is 32.1. The SMILES string of the molecule is CC(C)N(CCC(N)=S)Cc1ccc(O)cc1. The maximum atomic E-state index is 9.23. The zero-order valence-corrected chi connectivity index (χ0v) is 11.2. The van der Waals surface area contributed by atoms with Gasteiger partial charge in [-0.1, -0.05) is 24.4 Å². The molecule has 94 valence electrons. The first-order valence-electron chi connectivity index (χ1n) is 5.79. The first-order valence-corrected chi connectivity index (χ1v) is 6.20. The van der Waals surface area contributed by atoms with E-state index in [2.05, 4.69) is 18.7 Å². The van der Waals surface area contributed by atoms with Gasteiger partial charge in [0.2, 0.25) is 0 Å². The highest BCUT2D eigenvalue weighted by Crippen LogP contribution is 2.13. The maximum Gasteiger partial charge on any atom is 0.115 e. The van der Waals surface area contributed by atoms with Crippen molar-refractivity contribution in [2.24, 2.45) is 5.73 Å². The van der Waals surface area contributed by atoms with Crippen LogP contribution in [0.1, 0.15) is 25.8 Å². The summed E-state index contributed by atoms with van der Waals surface area (Å²) >= 11 is 4.90. The highest BCUT2D eigenvalue weighted by Gasteiger charge is 2.10. The summed E-state index contributed by atoms with van der Waals surface area (Å²) in [6.07, 6.45) is 0.742. The fourth-order valence-electron chi connectivity index (χ4n) is 1.61. The third kappa shape index (κ3) is 5.15. The van der Waals surface area contributed by atoms with E-state index in [1.54, 1.807) is 12.1 Å². The molecule has 3 nitrogen and oxygen atoms in total. The molecule has 0 unspecified atom stereocenters. The summed E-state index contributed by atoms with van der Waals surface area (Å²) in [7, 11) is 0. The molecular weight excluding hydrogens is 232 g/mol. The van der Waals surface area contributed by atoms with E-state index in [1.165, 1.54) is 5.56 Å². The number of nitrogens with two attached hydrogens (primary N) is 1. The summed E-state index contributed by atoms with van der Waals surface area (Å²) in [5.41, 5.74) is 6.71. The molecule has 0 aliphatic carbocycles. The van der Waals surface area contributed by atoms with Crippen molar-refractivity contribution in [3.63, 3.8) is 0 Å². The van der Waals surface area contributed by atoms with Gasteiger partial charge >= 0.3 is 0 Å². The van der Waals surface area contributed by atoms with Crippen molar-refractivity contribution < 1.29 is 5.11 Å². The molecule has 0 saturated heterocycles. The molecule has 0 fully saturated rings. The monoisotopic (exact) mass is 252 g/mol. The smallest absolute Gasteiger partial charge is 0.115 e. The van der Waals surface area contributed by atoms with Crippen molar-refractivity contribution in [1.82, 2.24) is 4.90 Å². The molecule has 0 spiro atoms. The van der Waals surface area contributed by atoms with Gasteiger partial charge in [-0.25, -0.2) is 0 Å². The molecule has 0 radical (unpaired) electrons. The van der Waals surface area contributed by atoms with Crippen LogP contribution in [0, 0.1) is 0 Å². The summed E-state index contributed by atoms with van der Waals surface area (Å²) in [6, 6.07) is 7.73. The van der Waals surface area contributed by atoms with Gasteiger partial charge in [0.25, 0.3) is 0 Å². The van der Waals surface area contributed by atoms with Gasteiger partial charge in [0.05, 0.1) is 4.99 Å². The summed E-state index contributed by atoms with van der Waals surface area (Å²) < 4.78 is 0. The summed E-state index contributed by atoms with van der Waals surface area (Å²) in [5, 5.41) is 9.23. The Morgan fingerprint density at radius 3 is 2.41 bits per heavy atom.